The van der Waals surface area contributed by atoms with Crippen molar-refractivity contribution in [2.24, 2.45) is 0 Å². The van der Waals surface area contributed by atoms with Crippen LogP contribution in [0.25, 0.3) is 11.2 Å². The largest absolute Gasteiger partial charge is 0.381 e. The van der Waals surface area contributed by atoms with E-state index in [0.717, 1.165) is 18.5 Å². The molecule has 0 radical (unpaired) electrons. The van der Waals surface area contributed by atoms with E-state index in [2.05, 4.69) is 19.9 Å². The Labute approximate surface area is 108 Å². The summed E-state index contributed by atoms with van der Waals surface area (Å²) in [5.41, 5.74) is 0.344. The first kappa shape index (κ1) is 12.0. The van der Waals surface area contributed by atoms with Gasteiger partial charge in [-0.05, 0) is 19.8 Å². The highest BCUT2D eigenvalue weighted by Crippen LogP contribution is 2.28. The summed E-state index contributed by atoms with van der Waals surface area (Å²) < 4.78 is 5.33. The second-order valence-electron chi connectivity index (χ2n) is 4.67. The van der Waals surface area contributed by atoms with Crippen molar-refractivity contribution in [1.82, 2.24) is 19.9 Å². The summed E-state index contributed by atoms with van der Waals surface area (Å²) >= 11 is 0. The number of rotatable bonds is 1. The summed E-state index contributed by atoms with van der Waals surface area (Å²) in [6.45, 7) is 3.14. The van der Waals surface area contributed by atoms with Crippen molar-refractivity contribution >= 4 is 11.2 Å². The molecule has 1 fully saturated rings. The smallest absolute Gasteiger partial charge is 0.315 e. The van der Waals surface area contributed by atoms with Crippen LogP contribution in [-0.4, -0.2) is 33.1 Å². The van der Waals surface area contributed by atoms with Crippen LogP contribution in [0.4, 0.5) is 0 Å². The Bertz CT molecular complexity index is 728. The van der Waals surface area contributed by atoms with Crippen LogP contribution in [0.1, 0.15) is 30.3 Å². The molecule has 2 N–H and O–H groups in total. The van der Waals surface area contributed by atoms with Gasteiger partial charge in [-0.2, -0.15) is 0 Å². The lowest BCUT2D eigenvalue weighted by Gasteiger charge is -2.22. The number of nitrogens with zero attached hydrogens (tertiary/aromatic N) is 2. The summed E-state index contributed by atoms with van der Waals surface area (Å²) in [6, 6.07) is 0. The van der Waals surface area contributed by atoms with E-state index < -0.39 is 11.1 Å². The molecule has 0 bridgehead atoms. The first-order valence-electron chi connectivity index (χ1n) is 6.24. The van der Waals surface area contributed by atoms with Gasteiger partial charge in [0.2, 0.25) is 0 Å². The van der Waals surface area contributed by atoms with Crippen molar-refractivity contribution in [2.75, 3.05) is 13.2 Å². The molecule has 2 aromatic heterocycles. The molecule has 3 rings (SSSR count). The van der Waals surface area contributed by atoms with Gasteiger partial charge >= 0.3 is 11.1 Å². The van der Waals surface area contributed by atoms with E-state index >= 15 is 0 Å². The molecule has 2 aromatic rings. The Morgan fingerprint density at radius 2 is 1.79 bits per heavy atom. The first-order chi connectivity index (χ1) is 9.15. The molecule has 19 heavy (non-hydrogen) atoms. The molecule has 1 aliphatic heterocycles. The van der Waals surface area contributed by atoms with Crippen LogP contribution in [0.5, 0.6) is 0 Å². The normalized spacial score (nSPS) is 16.9. The molecule has 0 aromatic carbocycles. The van der Waals surface area contributed by atoms with E-state index in [1.165, 1.54) is 0 Å². The van der Waals surface area contributed by atoms with Gasteiger partial charge in [0.1, 0.15) is 11.3 Å². The Kier molecular flexibility index (Phi) is 2.90. The van der Waals surface area contributed by atoms with Crippen LogP contribution < -0.4 is 11.1 Å². The van der Waals surface area contributed by atoms with Crippen LogP contribution in [0.15, 0.2) is 9.59 Å². The fourth-order valence-electron chi connectivity index (χ4n) is 2.41. The van der Waals surface area contributed by atoms with Gasteiger partial charge in [-0.15, -0.1) is 0 Å². The summed E-state index contributed by atoms with van der Waals surface area (Å²) in [5, 5.41) is 0. The van der Waals surface area contributed by atoms with Crippen LogP contribution in [0, 0.1) is 6.92 Å². The predicted octanol–water partition coefficient (Wildman–Crippen LogP) is 0.209. The lowest BCUT2D eigenvalue weighted by molar-refractivity contribution is 0.0847. The van der Waals surface area contributed by atoms with Crippen molar-refractivity contribution in [3.05, 3.63) is 32.2 Å². The topological polar surface area (TPSA) is 101 Å². The number of aryl methyl sites for hydroxylation is 1. The third kappa shape index (κ3) is 2.17. The molecule has 0 spiro atoms. The van der Waals surface area contributed by atoms with Gasteiger partial charge < -0.3 is 14.7 Å². The highest BCUT2D eigenvalue weighted by Gasteiger charge is 2.21. The van der Waals surface area contributed by atoms with Crippen molar-refractivity contribution in [1.29, 1.82) is 0 Å². The van der Waals surface area contributed by atoms with E-state index in [1.807, 2.05) is 0 Å². The highest BCUT2D eigenvalue weighted by atomic mass is 16.5. The zero-order chi connectivity index (χ0) is 13.4. The Balaban J connectivity index is 2.24. The number of aromatic amines is 2. The molecule has 0 amide bonds. The van der Waals surface area contributed by atoms with E-state index in [9.17, 15) is 9.59 Å². The summed E-state index contributed by atoms with van der Waals surface area (Å²) in [5.74, 6) is 0.802. The van der Waals surface area contributed by atoms with Gasteiger partial charge in [0.05, 0.1) is 5.69 Å². The van der Waals surface area contributed by atoms with Gasteiger partial charge in [-0.25, -0.2) is 9.97 Å². The van der Waals surface area contributed by atoms with E-state index in [4.69, 9.17) is 4.74 Å². The Morgan fingerprint density at radius 3 is 2.53 bits per heavy atom. The van der Waals surface area contributed by atoms with Crippen molar-refractivity contribution in [3.63, 3.8) is 0 Å². The fourth-order valence-corrected chi connectivity index (χ4v) is 2.41. The van der Waals surface area contributed by atoms with Crippen LogP contribution in [0.3, 0.4) is 0 Å². The van der Waals surface area contributed by atoms with Crippen LogP contribution in [0.2, 0.25) is 0 Å². The summed E-state index contributed by atoms with van der Waals surface area (Å²) in [4.78, 5) is 36.5. The van der Waals surface area contributed by atoms with E-state index in [0.29, 0.717) is 30.2 Å². The predicted molar refractivity (Wildman–Crippen MR) is 68.3 cm³/mol. The van der Waals surface area contributed by atoms with E-state index in [1.54, 1.807) is 6.92 Å². The zero-order valence-electron chi connectivity index (χ0n) is 10.5. The number of nitrogens with one attached hydrogen (secondary N) is 2. The third-order valence-corrected chi connectivity index (χ3v) is 3.33. The molecule has 0 atom stereocenters. The number of fused-ring (bicyclic) bond motifs is 1. The maximum absolute atomic E-state index is 11.5. The number of ether oxygens (including phenoxy) is 1. The van der Waals surface area contributed by atoms with E-state index in [-0.39, 0.29) is 5.92 Å². The SMILES string of the molecule is Cc1nc(C2CCOCC2)c2[nH]c(=O)c(=O)[nH]c2n1. The molecule has 1 saturated heterocycles. The monoisotopic (exact) mass is 262 g/mol. The average molecular weight is 262 g/mol. The second kappa shape index (κ2) is 4.58. The minimum Gasteiger partial charge on any atom is -0.381 e. The van der Waals surface area contributed by atoms with Crippen molar-refractivity contribution in [3.8, 4) is 0 Å². The van der Waals surface area contributed by atoms with Crippen LogP contribution in [-0.2, 0) is 4.74 Å². The molecule has 0 aliphatic carbocycles. The number of hydrogen-bond acceptors (Lipinski definition) is 5. The minimum atomic E-state index is -0.691. The van der Waals surface area contributed by atoms with Gasteiger partial charge in [-0.3, -0.25) is 9.59 Å². The van der Waals surface area contributed by atoms with Gasteiger partial charge in [0.15, 0.2) is 5.65 Å². The molecule has 1 aliphatic rings. The third-order valence-electron chi connectivity index (χ3n) is 3.33. The lowest BCUT2D eigenvalue weighted by atomic mass is 9.95. The standard InChI is InChI=1S/C12H14N4O3/c1-6-13-8(7-2-4-19-5-3-7)9-10(14-6)16-12(18)11(17)15-9/h7H,2-5H2,1H3,(H,15,17)(H,13,14,16,18). The average Bonchev–Trinajstić information content (AvgIpc) is 2.41. The molecule has 0 unspecified atom stereocenters. The fraction of sp³-hybridized carbons (Fsp3) is 0.500. The maximum atomic E-state index is 11.5. The van der Waals surface area contributed by atoms with Gasteiger partial charge in [-0.1, -0.05) is 0 Å². The molecule has 7 nitrogen and oxygen atoms in total. The molecular weight excluding hydrogens is 248 g/mol. The number of aromatic nitrogens is 4. The van der Waals surface area contributed by atoms with Gasteiger partial charge in [0, 0.05) is 19.1 Å². The van der Waals surface area contributed by atoms with Gasteiger partial charge in [0.25, 0.3) is 0 Å². The molecule has 7 heteroatoms. The summed E-state index contributed by atoms with van der Waals surface area (Å²) in [6.07, 6.45) is 1.71. The quantitative estimate of drug-likeness (QED) is 0.715. The molecule has 3 heterocycles. The van der Waals surface area contributed by atoms with Crippen molar-refractivity contribution in [2.45, 2.75) is 25.7 Å². The van der Waals surface area contributed by atoms with Crippen LogP contribution >= 0.6 is 0 Å². The highest BCUT2D eigenvalue weighted by molar-refractivity contribution is 5.72. The number of hydrogen-bond donors (Lipinski definition) is 2. The Hall–Kier alpha value is -2.02. The second-order valence-corrected chi connectivity index (χ2v) is 4.67. The maximum Gasteiger partial charge on any atom is 0.315 e. The zero-order valence-corrected chi connectivity index (χ0v) is 10.5. The minimum absolute atomic E-state index is 0.222. The molecule has 100 valence electrons. The van der Waals surface area contributed by atoms with Crippen molar-refractivity contribution < 1.29 is 4.74 Å². The lowest BCUT2D eigenvalue weighted by Crippen LogP contribution is -2.30. The summed E-state index contributed by atoms with van der Waals surface area (Å²) in [7, 11) is 0. The Morgan fingerprint density at radius 1 is 1.11 bits per heavy atom. The molecular formula is C12H14N4O3. The number of H-pyrrole nitrogens is 2. The molecule has 0 saturated carbocycles. The first-order valence-corrected chi connectivity index (χ1v) is 6.24.